The van der Waals surface area contributed by atoms with Crippen LogP contribution in [0.5, 0.6) is 5.75 Å². The molecule has 0 radical (unpaired) electrons. The van der Waals surface area contributed by atoms with Gasteiger partial charge in [-0.3, -0.25) is 4.79 Å². The van der Waals surface area contributed by atoms with Crippen LogP contribution in [0.15, 0.2) is 18.2 Å². The lowest BCUT2D eigenvalue weighted by Gasteiger charge is -2.26. The first-order valence-electron chi connectivity index (χ1n) is 6.62. The molecule has 0 aliphatic carbocycles. The zero-order valence-electron chi connectivity index (χ0n) is 11.5. The summed E-state index contributed by atoms with van der Waals surface area (Å²) in [5.41, 5.74) is 0.830. The second kappa shape index (κ2) is 7.21. The molecule has 6 heteroatoms. The van der Waals surface area contributed by atoms with E-state index >= 15 is 0 Å². The van der Waals surface area contributed by atoms with Crippen molar-refractivity contribution in [3.8, 4) is 5.75 Å². The third-order valence-corrected chi connectivity index (χ3v) is 3.09. The first-order valence-corrected chi connectivity index (χ1v) is 6.62. The Bertz CT molecular complexity index is 462. The summed E-state index contributed by atoms with van der Waals surface area (Å²) in [5, 5.41) is 2.94. The Balaban J connectivity index is 1.88. The van der Waals surface area contributed by atoms with Crippen molar-refractivity contribution in [2.75, 3.05) is 40.0 Å². The van der Waals surface area contributed by atoms with E-state index in [2.05, 4.69) is 5.32 Å². The molecule has 20 heavy (non-hydrogen) atoms. The number of nitrogens with zero attached hydrogens (tertiary/aromatic N) is 1. The van der Waals surface area contributed by atoms with Gasteiger partial charge in [-0.15, -0.1) is 0 Å². The number of amides is 1. The molecule has 0 aromatic heterocycles. The topological polar surface area (TPSA) is 50.8 Å². The summed E-state index contributed by atoms with van der Waals surface area (Å²) < 4.78 is 24.2. The van der Waals surface area contributed by atoms with Crippen molar-refractivity contribution in [3.05, 3.63) is 29.6 Å². The lowest BCUT2D eigenvalue weighted by atomic mass is 10.2. The first kappa shape index (κ1) is 14.7. The molecular formula is C14H19FN2O3. The third-order valence-electron chi connectivity index (χ3n) is 3.09. The molecule has 1 fully saturated rings. The van der Waals surface area contributed by atoms with E-state index in [-0.39, 0.29) is 18.3 Å². The van der Waals surface area contributed by atoms with E-state index in [4.69, 9.17) is 9.47 Å². The van der Waals surface area contributed by atoms with E-state index in [1.165, 1.54) is 6.07 Å². The Morgan fingerprint density at radius 3 is 2.85 bits per heavy atom. The molecule has 1 saturated heterocycles. The minimum absolute atomic E-state index is 0.103. The van der Waals surface area contributed by atoms with Crippen molar-refractivity contribution >= 4 is 5.91 Å². The molecule has 1 amide bonds. The summed E-state index contributed by atoms with van der Waals surface area (Å²) in [4.78, 5) is 13.5. The van der Waals surface area contributed by atoms with Gasteiger partial charge in [-0.25, -0.2) is 4.39 Å². The molecule has 0 unspecified atom stereocenters. The van der Waals surface area contributed by atoms with Crippen LogP contribution < -0.4 is 10.1 Å². The highest BCUT2D eigenvalue weighted by Crippen LogP contribution is 2.18. The summed E-state index contributed by atoms with van der Waals surface area (Å²) in [7, 11) is 1.79. The standard InChI is InChI=1S/C14H19FN2O3/c1-16-9-11-2-3-13(12(15)8-11)20-10-14(18)17-4-6-19-7-5-17/h2-3,8,16H,4-7,9-10H2,1H3. The maximum Gasteiger partial charge on any atom is 0.260 e. The van der Waals surface area contributed by atoms with Gasteiger partial charge in [-0.05, 0) is 24.7 Å². The first-order chi connectivity index (χ1) is 9.70. The second-order valence-corrected chi connectivity index (χ2v) is 4.58. The van der Waals surface area contributed by atoms with Crippen LogP contribution >= 0.6 is 0 Å². The Morgan fingerprint density at radius 1 is 1.45 bits per heavy atom. The van der Waals surface area contributed by atoms with E-state index in [1.807, 2.05) is 0 Å². The number of benzene rings is 1. The van der Waals surface area contributed by atoms with Crippen molar-refractivity contribution < 1.29 is 18.7 Å². The molecule has 0 atom stereocenters. The number of ether oxygens (including phenoxy) is 2. The van der Waals surface area contributed by atoms with Gasteiger partial charge in [0.15, 0.2) is 18.2 Å². The van der Waals surface area contributed by atoms with Crippen LogP contribution in [0.3, 0.4) is 0 Å². The van der Waals surface area contributed by atoms with Gasteiger partial charge in [0.2, 0.25) is 0 Å². The van der Waals surface area contributed by atoms with Crippen molar-refractivity contribution in [1.82, 2.24) is 10.2 Å². The Kier molecular flexibility index (Phi) is 5.31. The maximum atomic E-state index is 13.8. The summed E-state index contributed by atoms with van der Waals surface area (Å²) in [6.45, 7) is 2.64. The van der Waals surface area contributed by atoms with Crippen molar-refractivity contribution in [2.24, 2.45) is 0 Å². The minimum Gasteiger partial charge on any atom is -0.481 e. The molecule has 1 heterocycles. The number of carbonyl (C=O) groups excluding carboxylic acids is 1. The molecule has 1 aromatic rings. The molecular weight excluding hydrogens is 263 g/mol. The van der Waals surface area contributed by atoms with Gasteiger partial charge >= 0.3 is 0 Å². The Labute approximate surface area is 117 Å². The van der Waals surface area contributed by atoms with Gasteiger partial charge in [-0.1, -0.05) is 6.07 Å². The lowest BCUT2D eigenvalue weighted by molar-refractivity contribution is -0.137. The average molecular weight is 282 g/mol. The summed E-state index contributed by atoms with van der Waals surface area (Å²) in [6, 6.07) is 4.73. The van der Waals surface area contributed by atoms with Crippen LogP contribution in [0.2, 0.25) is 0 Å². The molecule has 1 aromatic carbocycles. The molecule has 110 valence electrons. The SMILES string of the molecule is CNCc1ccc(OCC(=O)N2CCOCC2)c(F)c1. The number of morpholine rings is 1. The molecule has 1 aliphatic heterocycles. The monoisotopic (exact) mass is 282 g/mol. The number of hydrogen-bond acceptors (Lipinski definition) is 4. The predicted molar refractivity (Wildman–Crippen MR) is 72.1 cm³/mol. The minimum atomic E-state index is -0.451. The Hall–Kier alpha value is -1.66. The summed E-state index contributed by atoms with van der Waals surface area (Å²) in [5.74, 6) is -0.494. The van der Waals surface area contributed by atoms with Crippen molar-refractivity contribution in [1.29, 1.82) is 0 Å². The number of nitrogens with one attached hydrogen (secondary N) is 1. The van der Waals surface area contributed by atoms with Gasteiger partial charge in [0.25, 0.3) is 5.91 Å². The fourth-order valence-electron chi connectivity index (χ4n) is 2.02. The van der Waals surface area contributed by atoms with Gasteiger partial charge < -0.3 is 19.7 Å². The number of halogens is 1. The van der Waals surface area contributed by atoms with Crippen LogP contribution in [-0.2, 0) is 16.1 Å². The molecule has 1 aliphatic rings. The maximum absolute atomic E-state index is 13.8. The van der Waals surface area contributed by atoms with Crippen LogP contribution in [0.1, 0.15) is 5.56 Å². The number of hydrogen-bond donors (Lipinski definition) is 1. The van der Waals surface area contributed by atoms with Crippen LogP contribution in [0, 0.1) is 5.82 Å². The van der Waals surface area contributed by atoms with E-state index in [0.29, 0.717) is 32.8 Å². The zero-order chi connectivity index (χ0) is 14.4. The average Bonchev–Trinajstić information content (AvgIpc) is 2.47. The smallest absolute Gasteiger partial charge is 0.260 e. The van der Waals surface area contributed by atoms with Gasteiger partial charge in [0.1, 0.15) is 0 Å². The third kappa shape index (κ3) is 3.91. The van der Waals surface area contributed by atoms with E-state index in [9.17, 15) is 9.18 Å². The summed E-state index contributed by atoms with van der Waals surface area (Å²) >= 11 is 0. The fourth-order valence-corrected chi connectivity index (χ4v) is 2.02. The van der Waals surface area contributed by atoms with E-state index < -0.39 is 5.82 Å². The van der Waals surface area contributed by atoms with Gasteiger partial charge in [0.05, 0.1) is 13.2 Å². The van der Waals surface area contributed by atoms with E-state index in [0.717, 1.165) is 5.56 Å². The fraction of sp³-hybridized carbons (Fsp3) is 0.500. The normalized spacial score (nSPS) is 15.2. The highest BCUT2D eigenvalue weighted by atomic mass is 19.1. The van der Waals surface area contributed by atoms with Crippen molar-refractivity contribution in [2.45, 2.75) is 6.54 Å². The van der Waals surface area contributed by atoms with Crippen molar-refractivity contribution in [3.63, 3.8) is 0 Å². The molecule has 2 rings (SSSR count). The summed E-state index contributed by atoms with van der Waals surface area (Å²) in [6.07, 6.45) is 0. The largest absolute Gasteiger partial charge is 0.481 e. The van der Waals surface area contributed by atoms with Gasteiger partial charge in [0, 0.05) is 19.6 Å². The van der Waals surface area contributed by atoms with Crippen LogP contribution in [0.25, 0.3) is 0 Å². The highest BCUT2D eigenvalue weighted by molar-refractivity contribution is 5.77. The molecule has 1 N–H and O–H groups in total. The van der Waals surface area contributed by atoms with Crippen LogP contribution in [-0.4, -0.2) is 50.8 Å². The Morgan fingerprint density at radius 2 is 2.20 bits per heavy atom. The molecule has 0 spiro atoms. The van der Waals surface area contributed by atoms with Gasteiger partial charge in [-0.2, -0.15) is 0 Å². The van der Waals surface area contributed by atoms with Crippen LogP contribution in [0.4, 0.5) is 4.39 Å². The highest BCUT2D eigenvalue weighted by Gasteiger charge is 2.17. The number of carbonyl (C=O) groups is 1. The molecule has 0 bridgehead atoms. The zero-order valence-corrected chi connectivity index (χ0v) is 11.5. The number of rotatable bonds is 5. The van der Waals surface area contributed by atoms with E-state index in [1.54, 1.807) is 24.1 Å². The molecule has 5 nitrogen and oxygen atoms in total. The second-order valence-electron chi connectivity index (χ2n) is 4.58. The predicted octanol–water partition coefficient (Wildman–Crippen LogP) is 0.783. The quantitative estimate of drug-likeness (QED) is 0.867. The molecule has 0 saturated carbocycles. The lowest BCUT2D eigenvalue weighted by Crippen LogP contribution is -2.43.